The molecule has 0 bridgehead atoms. The normalized spacial score (nSPS) is 11.4. The number of hydrogen-bond acceptors (Lipinski definition) is 3. The SMILES string of the molecule is CCCOc1ccc(CCl)c(OCCOC(C)(C)C)c1. The first kappa shape index (κ1) is 17.1. The van der Waals surface area contributed by atoms with Crippen molar-refractivity contribution in [1.82, 2.24) is 0 Å². The number of alkyl halides is 1. The minimum atomic E-state index is -0.148. The van der Waals surface area contributed by atoms with Gasteiger partial charge in [-0.05, 0) is 33.3 Å². The lowest BCUT2D eigenvalue weighted by molar-refractivity contribution is -0.0164. The van der Waals surface area contributed by atoms with Crippen LogP contribution in [0.3, 0.4) is 0 Å². The van der Waals surface area contributed by atoms with Gasteiger partial charge >= 0.3 is 0 Å². The molecule has 0 aliphatic heterocycles. The molecule has 1 aromatic rings. The van der Waals surface area contributed by atoms with Gasteiger partial charge in [0.25, 0.3) is 0 Å². The Bertz CT molecular complexity index is 399. The standard InChI is InChI=1S/C16H25ClO3/c1-5-8-18-14-7-6-13(12-17)15(11-14)19-9-10-20-16(2,3)4/h6-7,11H,5,8-10,12H2,1-4H3. The quantitative estimate of drug-likeness (QED) is 0.526. The van der Waals surface area contributed by atoms with Gasteiger partial charge in [-0.2, -0.15) is 0 Å². The lowest BCUT2D eigenvalue weighted by Gasteiger charge is -2.20. The van der Waals surface area contributed by atoms with Crippen molar-refractivity contribution in [1.29, 1.82) is 0 Å². The molecule has 0 N–H and O–H groups in total. The van der Waals surface area contributed by atoms with Crippen LogP contribution in [0.1, 0.15) is 39.7 Å². The molecule has 3 nitrogen and oxygen atoms in total. The van der Waals surface area contributed by atoms with E-state index in [1.165, 1.54) is 0 Å². The summed E-state index contributed by atoms with van der Waals surface area (Å²) in [5.74, 6) is 2.00. The first-order valence-corrected chi connectivity index (χ1v) is 7.58. The Morgan fingerprint density at radius 3 is 2.40 bits per heavy atom. The number of benzene rings is 1. The second-order valence-electron chi connectivity index (χ2n) is 5.56. The number of halogens is 1. The van der Waals surface area contributed by atoms with Gasteiger partial charge in [0.05, 0.1) is 24.7 Å². The largest absolute Gasteiger partial charge is 0.493 e. The molecule has 1 rings (SSSR count). The van der Waals surface area contributed by atoms with E-state index in [0.717, 1.165) is 23.5 Å². The molecule has 114 valence electrons. The maximum atomic E-state index is 5.92. The van der Waals surface area contributed by atoms with Crippen LogP contribution < -0.4 is 9.47 Å². The number of rotatable bonds is 8. The average molecular weight is 301 g/mol. The van der Waals surface area contributed by atoms with E-state index in [2.05, 4.69) is 6.92 Å². The average Bonchev–Trinajstić information content (AvgIpc) is 2.40. The topological polar surface area (TPSA) is 27.7 Å². The van der Waals surface area contributed by atoms with Gasteiger partial charge in [-0.25, -0.2) is 0 Å². The summed E-state index contributed by atoms with van der Waals surface area (Å²) in [5, 5.41) is 0. The summed E-state index contributed by atoms with van der Waals surface area (Å²) in [6.45, 7) is 9.90. The third-order valence-electron chi connectivity index (χ3n) is 2.53. The lowest BCUT2D eigenvalue weighted by Crippen LogP contribution is -2.22. The van der Waals surface area contributed by atoms with E-state index in [1.807, 2.05) is 39.0 Å². The second kappa shape index (κ2) is 8.38. The van der Waals surface area contributed by atoms with Crippen LogP contribution in [-0.2, 0) is 10.6 Å². The van der Waals surface area contributed by atoms with Crippen molar-refractivity contribution in [2.24, 2.45) is 0 Å². The zero-order valence-electron chi connectivity index (χ0n) is 12.9. The molecule has 0 spiro atoms. The highest BCUT2D eigenvalue weighted by Crippen LogP contribution is 2.26. The fourth-order valence-electron chi connectivity index (χ4n) is 1.59. The first-order chi connectivity index (χ1) is 9.46. The molecule has 0 unspecified atom stereocenters. The third-order valence-corrected chi connectivity index (χ3v) is 2.82. The molecule has 0 atom stereocenters. The molecular weight excluding hydrogens is 276 g/mol. The number of ether oxygens (including phenoxy) is 3. The molecule has 0 aromatic heterocycles. The molecule has 0 amide bonds. The van der Waals surface area contributed by atoms with Crippen LogP contribution >= 0.6 is 11.6 Å². The summed E-state index contributed by atoms with van der Waals surface area (Å²) in [6, 6.07) is 5.76. The molecule has 0 aliphatic carbocycles. The predicted octanol–water partition coefficient (Wildman–Crippen LogP) is 4.41. The van der Waals surface area contributed by atoms with E-state index in [4.69, 9.17) is 25.8 Å². The van der Waals surface area contributed by atoms with Crippen molar-refractivity contribution >= 4 is 11.6 Å². The number of hydrogen-bond donors (Lipinski definition) is 0. The van der Waals surface area contributed by atoms with Crippen LogP contribution in [0.5, 0.6) is 11.5 Å². The lowest BCUT2D eigenvalue weighted by atomic mass is 10.2. The Labute approximate surface area is 127 Å². The molecule has 0 heterocycles. The van der Waals surface area contributed by atoms with Crippen LogP contribution in [0.25, 0.3) is 0 Å². The van der Waals surface area contributed by atoms with Crippen LogP contribution in [0.4, 0.5) is 0 Å². The van der Waals surface area contributed by atoms with Gasteiger partial charge in [-0.3, -0.25) is 0 Å². The minimum Gasteiger partial charge on any atom is -0.493 e. The van der Waals surface area contributed by atoms with E-state index in [9.17, 15) is 0 Å². The molecule has 0 fully saturated rings. The van der Waals surface area contributed by atoms with Crippen LogP contribution in [0.15, 0.2) is 18.2 Å². The fraction of sp³-hybridized carbons (Fsp3) is 0.625. The van der Waals surface area contributed by atoms with Crippen molar-refractivity contribution in [2.75, 3.05) is 19.8 Å². The van der Waals surface area contributed by atoms with Crippen molar-refractivity contribution in [2.45, 2.75) is 45.6 Å². The summed E-state index contributed by atoms with van der Waals surface area (Å²) in [5.41, 5.74) is 0.816. The highest BCUT2D eigenvalue weighted by molar-refractivity contribution is 6.17. The Morgan fingerprint density at radius 2 is 1.80 bits per heavy atom. The Kier molecular flexibility index (Phi) is 7.17. The smallest absolute Gasteiger partial charge is 0.127 e. The van der Waals surface area contributed by atoms with E-state index in [-0.39, 0.29) is 5.60 Å². The molecule has 4 heteroatoms. The van der Waals surface area contributed by atoms with Gasteiger partial charge in [0, 0.05) is 11.6 Å². The first-order valence-electron chi connectivity index (χ1n) is 7.04. The van der Waals surface area contributed by atoms with E-state index >= 15 is 0 Å². The van der Waals surface area contributed by atoms with Crippen LogP contribution in [0.2, 0.25) is 0 Å². The van der Waals surface area contributed by atoms with Gasteiger partial charge in [0.1, 0.15) is 18.1 Å². The predicted molar refractivity (Wildman–Crippen MR) is 83.0 cm³/mol. The third kappa shape index (κ3) is 6.49. The Hall–Kier alpha value is -0.930. The molecule has 0 radical (unpaired) electrons. The van der Waals surface area contributed by atoms with Crippen molar-refractivity contribution < 1.29 is 14.2 Å². The summed E-state index contributed by atoms with van der Waals surface area (Å²) in [7, 11) is 0. The highest BCUT2D eigenvalue weighted by atomic mass is 35.5. The molecular formula is C16H25ClO3. The van der Waals surface area contributed by atoms with Crippen molar-refractivity contribution in [3.63, 3.8) is 0 Å². The fourth-order valence-corrected chi connectivity index (χ4v) is 1.81. The molecule has 0 aliphatic rings. The molecule has 0 saturated carbocycles. The highest BCUT2D eigenvalue weighted by Gasteiger charge is 2.10. The Morgan fingerprint density at radius 1 is 1.05 bits per heavy atom. The van der Waals surface area contributed by atoms with E-state index in [0.29, 0.717) is 25.7 Å². The molecule has 1 aromatic carbocycles. The second-order valence-corrected chi connectivity index (χ2v) is 5.83. The van der Waals surface area contributed by atoms with Crippen molar-refractivity contribution in [3.8, 4) is 11.5 Å². The van der Waals surface area contributed by atoms with Gasteiger partial charge in [-0.15, -0.1) is 11.6 Å². The zero-order chi connectivity index (χ0) is 15.0. The maximum Gasteiger partial charge on any atom is 0.127 e. The maximum absolute atomic E-state index is 5.92. The van der Waals surface area contributed by atoms with Crippen LogP contribution in [0, 0.1) is 0 Å². The van der Waals surface area contributed by atoms with E-state index < -0.39 is 0 Å². The van der Waals surface area contributed by atoms with Crippen molar-refractivity contribution in [3.05, 3.63) is 23.8 Å². The van der Waals surface area contributed by atoms with Gasteiger partial charge in [-0.1, -0.05) is 13.0 Å². The molecule has 20 heavy (non-hydrogen) atoms. The van der Waals surface area contributed by atoms with Crippen LogP contribution in [-0.4, -0.2) is 25.4 Å². The summed E-state index contributed by atoms with van der Waals surface area (Å²) < 4.78 is 17.0. The minimum absolute atomic E-state index is 0.148. The summed E-state index contributed by atoms with van der Waals surface area (Å²) in [6.07, 6.45) is 0.979. The summed E-state index contributed by atoms with van der Waals surface area (Å²) >= 11 is 5.92. The zero-order valence-corrected chi connectivity index (χ0v) is 13.6. The molecule has 0 saturated heterocycles. The monoisotopic (exact) mass is 300 g/mol. The van der Waals surface area contributed by atoms with Gasteiger partial charge in [0.2, 0.25) is 0 Å². The Balaban J connectivity index is 2.57. The summed E-state index contributed by atoms with van der Waals surface area (Å²) in [4.78, 5) is 0. The van der Waals surface area contributed by atoms with Gasteiger partial charge in [0.15, 0.2) is 0 Å². The van der Waals surface area contributed by atoms with E-state index in [1.54, 1.807) is 0 Å². The van der Waals surface area contributed by atoms with Gasteiger partial charge < -0.3 is 14.2 Å².